The molecule has 0 aliphatic heterocycles. The Kier molecular flexibility index (Phi) is 7.08. The van der Waals surface area contributed by atoms with Gasteiger partial charge >= 0.3 is 6.18 Å². The molecule has 7 heteroatoms. The van der Waals surface area contributed by atoms with Gasteiger partial charge in [0, 0.05) is 24.2 Å². The molecule has 0 radical (unpaired) electrons. The van der Waals surface area contributed by atoms with Crippen molar-refractivity contribution < 1.29 is 27.1 Å². The first-order valence-corrected chi connectivity index (χ1v) is 12.8. The van der Waals surface area contributed by atoms with E-state index in [4.69, 9.17) is 8.84 Å². The van der Waals surface area contributed by atoms with Crippen LogP contribution in [0.1, 0.15) is 57.1 Å². The summed E-state index contributed by atoms with van der Waals surface area (Å²) in [5.41, 5.74) is 0.511. The molecule has 1 N–H and O–H groups in total. The first kappa shape index (κ1) is 23.7. The van der Waals surface area contributed by atoms with Crippen LogP contribution in [0, 0.1) is 0 Å². The minimum absolute atomic E-state index is 0.0952. The fourth-order valence-corrected chi connectivity index (χ4v) is 3.83. The van der Waals surface area contributed by atoms with Gasteiger partial charge in [0.1, 0.15) is 11.5 Å². The lowest BCUT2D eigenvalue weighted by Gasteiger charge is -2.36. The molecule has 0 bridgehead atoms. The van der Waals surface area contributed by atoms with E-state index in [0.717, 1.165) is 12.1 Å². The molecule has 0 saturated heterocycles. The Morgan fingerprint density at radius 3 is 2.17 bits per heavy atom. The van der Waals surface area contributed by atoms with Crippen LogP contribution in [0.2, 0.25) is 18.1 Å². The van der Waals surface area contributed by atoms with Crippen molar-refractivity contribution in [1.29, 1.82) is 0 Å². The van der Waals surface area contributed by atoms with Crippen LogP contribution < -0.4 is 0 Å². The normalized spacial score (nSPS) is 14.3. The SMILES string of the molecule is CCc1oc(-c2ccc(C(F)(F)F)cc2)cc1C(O)CCO[Si](C)(C)C(C)(C)C. The minimum Gasteiger partial charge on any atom is -0.461 e. The molecule has 0 aliphatic rings. The second-order valence-electron chi connectivity index (χ2n) is 8.83. The average molecular weight is 429 g/mol. The van der Waals surface area contributed by atoms with E-state index in [1.165, 1.54) is 12.1 Å². The predicted octanol–water partition coefficient (Wildman–Crippen LogP) is 6.97. The quantitative estimate of drug-likeness (QED) is 0.484. The number of aliphatic hydroxyl groups excluding tert-OH is 1. The summed E-state index contributed by atoms with van der Waals surface area (Å²) in [7, 11) is -1.89. The van der Waals surface area contributed by atoms with Crippen LogP contribution in [0.25, 0.3) is 11.3 Å². The molecule has 0 fully saturated rings. The highest BCUT2D eigenvalue weighted by molar-refractivity contribution is 6.74. The third kappa shape index (κ3) is 5.74. The lowest BCUT2D eigenvalue weighted by molar-refractivity contribution is -0.137. The first-order chi connectivity index (χ1) is 13.3. The third-order valence-corrected chi connectivity index (χ3v) is 10.2. The summed E-state index contributed by atoms with van der Waals surface area (Å²) in [5.74, 6) is 1.09. The van der Waals surface area contributed by atoms with Crippen molar-refractivity contribution >= 4 is 8.32 Å². The Hall–Kier alpha value is -1.57. The van der Waals surface area contributed by atoms with Gasteiger partial charge in [-0.1, -0.05) is 39.8 Å². The number of alkyl halides is 3. The molecule has 0 amide bonds. The lowest BCUT2D eigenvalue weighted by Crippen LogP contribution is -2.41. The zero-order valence-corrected chi connectivity index (χ0v) is 19.0. The smallest absolute Gasteiger partial charge is 0.416 e. The lowest BCUT2D eigenvalue weighted by atomic mass is 10.0. The number of hydrogen-bond acceptors (Lipinski definition) is 3. The summed E-state index contributed by atoms with van der Waals surface area (Å²) < 4.78 is 50.2. The highest BCUT2D eigenvalue weighted by Gasteiger charge is 2.37. The summed E-state index contributed by atoms with van der Waals surface area (Å²) in [6.07, 6.45) is -4.11. The summed E-state index contributed by atoms with van der Waals surface area (Å²) >= 11 is 0. The van der Waals surface area contributed by atoms with Gasteiger partial charge in [0.05, 0.1) is 11.7 Å². The molecule has 1 aromatic heterocycles. The van der Waals surface area contributed by atoms with Gasteiger partial charge in [-0.15, -0.1) is 0 Å². The number of furan rings is 1. The molecule has 1 unspecified atom stereocenters. The van der Waals surface area contributed by atoms with Gasteiger partial charge in [0.15, 0.2) is 8.32 Å². The van der Waals surface area contributed by atoms with E-state index in [-0.39, 0.29) is 5.04 Å². The summed E-state index contributed by atoms with van der Waals surface area (Å²) in [4.78, 5) is 0. The summed E-state index contributed by atoms with van der Waals surface area (Å²) in [6, 6.07) is 6.56. The van der Waals surface area contributed by atoms with E-state index < -0.39 is 26.2 Å². The van der Waals surface area contributed by atoms with Gasteiger partial charge in [-0.2, -0.15) is 13.2 Å². The van der Waals surface area contributed by atoms with Crippen molar-refractivity contribution in [3.63, 3.8) is 0 Å². The zero-order chi connectivity index (χ0) is 22.0. The predicted molar refractivity (Wildman–Crippen MR) is 111 cm³/mol. The average Bonchev–Trinajstić information content (AvgIpc) is 3.04. The minimum atomic E-state index is -4.37. The molecule has 162 valence electrons. The van der Waals surface area contributed by atoms with Crippen LogP contribution in [-0.2, 0) is 17.0 Å². The molecule has 2 rings (SSSR count). The zero-order valence-electron chi connectivity index (χ0n) is 18.0. The largest absolute Gasteiger partial charge is 0.461 e. The highest BCUT2D eigenvalue weighted by Crippen LogP contribution is 2.38. The van der Waals surface area contributed by atoms with E-state index in [2.05, 4.69) is 33.9 Å². The van der Waals surface area contributed by atoms with E-state index in [9.17, 15) is 18.3 Å². The maximum absolute atomic E-state index is 12.8. The highest BCUT2D eigenvalue weighted by atomic mass is 28.4. The molecule has 2 aromatic rings. The molecule has 1 aromatic carbocycles. The van der Waals surface area contributed by atoms with Gasteiger partial charge in [-0.3, -0.25) is 0 Å². The second-order valence-corrected chi connectivity index (χ2v) is 13.6. The second kappa shape index (κ2) is 8.66. The maximum Gasteiger partial charge on any atom is 0.416 e. The number of hydrogen-bond donors (Lipinski definition) is 1. The molecule has 1 heterocycles. The van der Waals surface area contributed by atoms with Gasteiger partial charge in [-0.25, -0.2) is 0 Å². The first-order valence-electron chi connectivity index (χ1n) is 9.88. The third-order valence-electron chi connectivity index (χ3n) is 5.68. The fourth-order valence-electron chi connectivity index (χ4n) is 2.76. The Balaban J connectivity index is 2.13. The van der Waals surface area contributed by atoms with E-state index >= 15 is 0 Å². The molecule has 0 aliphatic carbocycles. The van der Waals surface area contributed by atoms with Crippen molar-refractivity contribution in [2.24, 2.45) is 0 Å². The molecule has 3 nitrogen and oxygen atoms in total. The summed E-state index contributed by atoms with van der Waals surface area (Å²) in [5, 5.41) is 10.8. The van der Waals surface area contributed by atoms with Crippen molar-refractivity contribution in [1.82, 2.24) is 0 Å². The fraction of sp³-hybridized carbons (Fsp3) is 0.545. The molecule has 0 spiro atoms. The van der Waals surface area contributed by atoms with Crippen LogP contribution in [0.3, 0.4) is 0 Å². The Morgan fingerprint density at radius 2 is 1.69 bits per heavy atom. The number of benzene rings is 1. The molecule has 0 saturated carbocycles. The number of aryl methyl sites for hydroxylation is 1. The van der Waals surface area contributed by atoms with E-state index in [1.54, 1.807) is 6.07 Å². The van der Waals surface area contributed by atoms with E-state index in [0.29, 0.717) is 42.1 Å². The monoisotopic (exact) mass is 428 g/mol. The van der Waals surface area contributed by atoms with Crippen LogP contribution in [0.4, 0.5) is 13.2 Å². The molecular formula is C22H31F3O3Si. The molecule has 1 atom stereocenters. The van der Waals surface area contributed by atoms with Crippen LogP contribution in [0.5, 0.6) is 0 Å². The van der Waals surface area contributed by atoms with Gasteiger partial charge in [-0.05, 0) is 42.8 Å². The number of rotatable bonds is 7. The Bertz CT molecular complexity index is 802. The number of aliphatic hydroxyl groups is 1. The van der Waals surface area contributed by atoms with Gasteiger partial charge in [0.2, 0.25) is 0 Å². The van der Waals surface area contributed by atoms with Crippen LogP contribution in [-0.4, -0.2) is 20.0 Å². The number of halogens is 3. The molecule has 29 heavy (non-hydrogen) atoms. The van der Waals surface area contributed by atoms with Gasteiger partial charge < -0.3 is 13.9 Å². The van der Waals surface area contributed by atoms with Crippen LogP contribution >= 0.6 is 0 Å². The Labute approximate surface area is 172 Å². The molecular weight excluding hydrogens is 397 g/mol. The standard InChI is InChI=1S/C22H31F3O3Si/c1-7-19-17(18(26)12-13-27-29(5,6)21(2,3)4)14-20(28-19)15-8-10-16(11-9-15)22(23,24)25/h8-11,14,18,26H,7,12-13H2,1-6H3. The van der Waals surface area contributed by atoms with Crippen molar-refractivity contribution in [2.45, 2.75) is 70.9 Å². The van der Waals surface area contributed by atoms with E-state index in [1.807, 2.05) is 6.92 Å². The van der Waals surface area contributed by atoms with Crippen molar-refractivity contribution in [2.75, 3.05) is 6.61 Å². The topological polar surface area (TPSA) is 42.6 Å². The van der Waals surface area contributed by atoms with Gasteiger partial charge in [0.25, 0.3) is 0 Å². The van der Waals surface area contributed by atoms with Crippen molar-refractivity contribution in [3.8, 4) is 11.3 Å². The summed E-state index contributed by atoms with van der Waals surface area (Å²) in [6.45, 7) is 13.2. The van der Waals surface area contributed by atoms with Crippen LogP contribution in [0.15, 0.2) is 34.7 Å². The maximum atomic E-state index is 12.8. The van der Waals surface area contributed by atoms with Crippen molar-refractivity contribution in [3.05, 3.63) is 47.2 Å². The Morgan fingerprint density at radius 1 is 1.10 bits per heavy atom.